The molecule has 0 radical (unpaired) electrons. The molecule has 4 rings (SSSR count). The first-order valence-electron chi connectivity index (χ1n) is 9.94. The fraction of sp³-hybridized carbons (Fsp3) is 0.0800. The Balaban J connectivity index is 1.66. The molecule has 0 aliphatic carbocycles. The van der Waals surface area contributed by atoms with Gasteiger partial charge >= 0.3 is 6.03 Å². The van der Waals surface area contributed by atoms with Crippen LogP contribution in [0.4, 0.5) is 10.5 Å². The molecule has 0 bridgehead atoms. The average molecular weight is 500 g/mol. The predicted octanol–water partition coefficient (Wildman–Crippen LogP) is 6.21. The van der Waals surface area contributed by atoms with Gasteiger partial charge in [0.2, 0.25) is 0 Å². The molecule has 1 N–H and O–H groups in total. The minimum absolute atomic E-state index is 0.191. The van der Waals surface area contributed by atoms with Crippen molar-refractivity contribution < 1.29 is 14.4 Å². The lowest BCUT2D eigenvalue weighted by Crippen LogP contribution is -2.54. The number of halogens is 3. The van der Waals surface area contributed by atoms with Crippen molar-refractivity contribution in [1.29, 1.82) is 0 Å². The minimum atomic E-state index is -0.833. The third-order valence-electron chi connectivity index (χ3n) is 5.31. The van der Waals surface area contributed by atoms with E-state index in [1.54, 1.807) is 37.3 Å². The van der Waals surface area contributed by atoms with E-state index in [0.29, 0.717) is 38.3 Å². The van der Waals surface area contributed by atoms with E-state index < -0.39 is 17.8 Å². The number of amides is 4. The van der Waals surface area contributed by atoms with E-state index in [2.05, 4.69) is 5.32 Å². The molecule has 1 aliphatic rings. The molecule has 1 heterocycles. The van der Waals surface area contributed by atoms with Crippen molar-refractivity contribution in [3.05, 3.63) is 104 Å². The number of carbonyl (C=O) groups excluding carboxylic acids is 3. The molecule has 3 aromatic rings. The molecular weight excluding hydrogens is 483 g/mol. The molecule has 0 atom stereocenters. The summed E-state index contributed by atoms with van der Waals surface area (Å²) in [6.07, 6.45) is 1.94. The zero-order chi connectivity index (χ0) is 23.7. The van der Waals surface area contributed by atoms with Gasteiger partial charge in [-0.25, -0.2) is 9.69 Å². The van der Waals surface area contributed by atoms with Crippen LogP contribution in [0, 0.1) is 6.92 Å². The van der Waals surface area contributed by atoms with Crippen molar-refractivity contribution in [1.82, 2.24) is 5.32 Å². The third-order valence-corrected chi connectivity index (χ3v) is 6.44. The quantitative estimate of drug-likeness (QED) is 0.343. The summed E-state index contributed by atoms with van der Waals surface area (Å²) >= 11 is 18.9. The Bertz CT molecular complexity index is 1330. The highest BCUT2D eigenvalue weighted by atomic mass is 35.5. The number of barbiturate groups is 1. The second kappa shape index (κ2) is 9.40. The summed E-state index contributed by atoms with van der Waals surface area (Å²) in [4.78, 5) is 38.9. The van der Waals surface area contributed by atoms with Crippen LogP contribution in [0.1, 0.15) is 22.3 Å². The molecular formula is C25H17Cl3N2O3. The van der Waals surface area contributed by atoms with Crippen LogP contribution in [0.25, 0.3) is 6.08 Å². The maximum absolute atomic E-state index is 13.1. The molecule has 33 heavy (non-hydrogen) atoms. The lowest BCUT2D eigenvalue weighted by Gasteiger charge is -2.27. The minimum Gasteiger partial charge on any atom is -0.273 e. The first-order chi connectivity index (χ1) is 15.8. The fourth-order valence-electron chi connectivity index (χ4n) is 3.52. The lowest BCUT2D eigenvalue weighted by molar-refractivity contribution is -0.122. The van der Waals surface area contributed by atoms with Gasteiger partial charge in [0, 0.05) is 21.5 Å². The van der Waals surface area contributed by atoms with Crippen LogP contribution in [-0.4, -0.2) is 17.8 Å². The van der Waals surface area contributed by atoms with Crippen LogP contribution in [0.5, 0.6) is 0 Å². The number of nitrogens with zero attached hydrogens (tertiary/aromatic N) is 1. The van der Waals surface area contributed by atoms with Gasteiger partial charge in [0.25, 0.3) is 11.8 Å². The van der Waals surface area contributed by atoms with Gasteiger partial charge in [0.05, 0.1) is 5.69 Å². The number of nitrogens with one attached hydrogen (secondary N) is 1. The van der Waals surface area contributed by atoms with Crippen LogP contribution in [-0.2, 0) is 16.0 Å². The number of rotatable bonds is 4. The normalized spacial score (nSPS) is 15.2. The van der Waals surface area contributed by atoms with Gasteiger partial charge in [-0.2, -0.15) is 0 Å². The number of anilines is 1. The van der Waals surface area contributed by atoms with Crippen LogP contribution < -0.4 is 10.2 Å². The van der Waals surface area contributed by atoms with Crippen molar-refractivity contribution in [2.75, 3.05) is 4.90 Å². The van der Waals surface area contributed by atoms with E-state index >= 15 is 0 Å². The van der Waals surface area contributed by atoms with Crippen molar-refractivity contribution in [3.8, 4) is 0 Å². The van der Waals surface area contributed by atoms with Crippen molar-refractivity contribution in [2.45, 2.75) is 13.3 Å². The third kappa shape index (κ3) is 4.67. The molecule has 1 aliphatic heterocycles. The average Bonchev–Trinajstić information content (AvgIpc) is 2.77. The largest absolute Gasteiger partial charge is 0.335 e. The molecule has 3 aromatic carbocycles. The molecule has 8 heteroatoms. The Morgan fingerprint density at radius 1 is 0.848 bits per heavy atom. The highest BCUT2D eigenvalue weighted by Crippen LogP contribution is 2.30. The number of benzene rings is 3. The van der Waals surface area contributed by atoms with Crippen LogP contribution >= 0.6 is 34.8 Å². The zero-order valence-corrected chi connectivity index (χ0v) is 19.6. The number of carbonyl (C=O) groups is 3. The number of urea groups is 1. The highest BCUT2D eigenvalue weighted by Gasteiger charge is 2.37. The maximum atomic E-state index is 13.1. The van der Waals surface area contributed by atoms with Gasteiger partial charge in [-0.3, -0.25) is 14.9 Å². The summed E-state index contributed by atoms with van der Waals surface area (Å²) in [5, 5.41) is 3.72. The monoisotopic (exact) mass is 498 g/mol. The van der Waals surface area contributed by atoms with E-state index in [1.807, 2.05) is 30.3 Å². The Labute approximate surface area is 205 Å². The van der Waals surface area contributed by atoms with Crippen molar-refractivity contribution in [3.63, 3.8) is 0 Å². The maximum Gasteiger partial charge on any atom is 0.335 e. The molecule has 0 aromatic heterocycles. The van der Waals surface area contributed by atoms with Crippen LogP contribution in [0.3, 0.4) is 0 Å². The van der Waals surface area contributed by atoms with Crippen molar-refractivity contribution in [2.24, 2.45) is 0 Å². The smallest absolute Gasteiger partial charge is 0.273 e. The number of hydrogen-bond donors (Lipinski definition) is 1. The SMILES string of the molecule is Cc1c(Cl)cccc1N1C(=O)NC(=O)/C(=C\c2ccc(Cc3ccccc3Cl)c(Cl)c2)C1=O. The molecule has 4 amide bonds. The predicted molar refractivity (Wildman–Crippen MR) is 131 cm³/mol. The fourth-order valence-corrected chi connectivity index (χ4v) is 4.15. The second-order valence-electron chi connectivity index (χ2n) is 7.46. The molecule has 1 saturated heterocycles. The van der Waals surface area contributed by atoms with Crippen LogP contribution in [0.15, 0.2) is 66.2 Å². The van der Waals surface area contributed by atoms with Gasteiger partial charge in [-0.1, -0.05) is 71.2 Å². The van der Waals surface area contributed by atoms with Gasteiger partial charge in [-0.15, -0.1) is 0 Å². The lowest BCUT2D eigenvalue weighted by atomic mass is 10.0. The van der Waals surface area contributed by atoms with Crippen molar-refractivity contribution >= 4 is 64.4 Å². The van der Waals surface area contributed by atoms with E-state index in [0.717, 1.165) is 16.0 Å². The van der Waals surface area contributed by atoms with E-state index in [9.17, 15) is 14.4 Å². The molecule has 166 valence electrons. The zero-order valence-electron chi connectivity index (χ0n) is 17.4. The number of hydrogen-bond acceptors (Lipinski definition) is 3. The molecule has 5 nitrogen and oxygen atoms in total. The second-order valence-corrected chi connectivity index (χ2v) is 8.68. The molecule has 0 spiro atoms. The summed E-state index contributed by atoms with van der Waals surface area (Å²) in [5.74, 6) is -1.53. The van der Waals surface area contributed by atoms with Gasteiger partial charge in [0.15, 0.2) is 0 Å². The Morgan fingerprint density at radius 3 is 2.27 bits per heavy atom. The summed E-state index contributed by atoms with van der Waals surface area (Å²) in [6, 6.07) is 16.7. The first kappa shape index (κ1) is 23.1. The van der Waals surface area contributed by atoms with Gasteiger partial charge in [-0.05, 0) is 59.5 Å². The molecule has 0 unspecified atom stereocenters. The Kier molecular flexibility index (Phi) is 6.56. The van der Waals surface area contributed by atoms with Gasteiger partial charge < -0.3 is 0 Å². The summed E-state index contributed by atoms with van der Waals surface area (Å²) in [6.45, 7) is 1.69. The van der Waals surface area contributed by atoms with E-state index in [-0.39, 0.29) is 5.57 Å². The Morgan fingerprint density at radius 2 is 1.55 bits per heavy atom. The standard InChI is InChI=1S/C25H17Cl3N2O3/c1-14-19(26)7-4-8-22(14)30-24(32)18(23(31)29-25(30)33)11-15-9-10-17(21(28)12-15)13-16-5-2-3-6-20(16)27/h2-12H,13H2,1H3,(H,29,31,33)/b18-11+. The number of imide groups is 2. The van der Waals surface area contributed by atoms with Gasteiger partial charge in [0.1, 0.15) is 5.57 Å². The topological polar surface area (TPSA) is 66.5 Å². The van der Waals surface area contributed by atoms with Crippen LogP contribution in [0.2, 0.25) is 15.1 Å². The highest BCUT2D eigenvalue weighted by molar-refractivity contribution is 6.40. The first-order valence-corrected chi connectivity index (χ1v) is 11.1. The summed E-state index contributed by atoms with van der Waals surface area (Å²) < 4.78 is 0. The van der Waals surface area contributed by atoms with E-state index in [1.165, 1.54) is 6.08 Å². The summed E-state index contributed by atoms with van der Waals surface area (Å²) in [5.41, 5.74) is 2.97. The Hall–Kier alpha value is -3.12. The summed E-state index contributed by atoms with van der Waals surface area (Å²) in [7, 11) is 0. The van der Waals surface area contributed by atoms with E-state index in [4.69, 9.17) is 34.8 Å². The molecule has 0 saturated carbocycles. The molecule has 1 fully saturated rings.